The van der Waals surface area contributed by atoms with E-state index in [1.54, 1.807) is 12.1 Å². The van der Waals surface area contributed by atoms with E-state index < -0.39 is 0 Å². The van der Waals surface area contributed by atoms with E-state index in [0.29, 0.717) is 5.06 Å². The van der Waals surface area contributed by atoms with Crippen molar-refractivity contribution in [2.45, 2.75) is 44.7 Å². The molecule has 0 bridgehead atoms. The number of aromatic hydroxyl groups is 1. The molecule has 1 aromatic rings. The minimum atomic E-state index is -0.378. The summed E-state index contributed by atoms with van der Waals surface area (Å²) in [6.45, 7) is 6.04. The first-order valence-corrected chi connectivity index (χ1v) is 5.71. The van der Waals surface area contributed by atoms with Gasteiger partial charge in [0.25, 0.3) is 0 Å². The fraction of sp³-hybridized carbons (Fsp3) is 0.538. The van der Waals surface area contributed by atoms with Crippen molar-refractivity contribution in [3.8, 4) is 5.75 Å². The van der Waals surface area contributed by atoms with Crippen molar-refractivity contribution in [3.63, 3.8) is 0 Å². The Balaban J connectivity index is 2.37. The summed E-state index contributed by atoms with van der Waals surface area (Å²) in [5, 5.41) is 21.9. The van der Waals surface area contributed by atoms with Crippen LogP contribution in [-0.4, -0.2) is 10.6 Å². The zero-order valence-electron chi connectivity index (χ0n) is 10.1. The molecule has 0 aliphatic carbocycles. The summed E-state index contributed by atoms with van der Waals surface area (Å²) in [6.07, 6.45) is 1.83. The molecule has 3 heteroatoms. The lowest BCUT2D eigenvalue weighted by atomic mass is 9.90. The monoisotopic (exact) mass is 221 g/mol. The van der Waals surface area contributed by atoms with Crippen molar-refractivity contribution in [2.24, 2.45) is 0 Å². The molecule has 1 aliphatic heterocycles. The number of quaternary nitrogens is 1. The molecule has 0 spiro atoms. The predicted molar refractivity (Wildman–Crippen MR) is 63.1 cm³/mol. The highest BCUT2D eigenvalue weighted by Gasteiger charge is 2.48. The summed E-state index contributed by atoms with van der Waals surface area (Å²) in [5.74, 6) is 0.247. The molecule has 1 fully saturated rings. The largest absolute Gasteiger partial charge is 0.633 e. The van der Waals surface area contributed by atoms with Crippen molar-refractivity contribution in [2.75, 3.05) is 0 Å². The van der Waals surface area contributed by atoms with Crippen LogP contribution in [0.3, 0.4) is 0 Å². The summed E-state index contributed by atoms with van der Waals surface area (Å²) in [4.78, 5) is 0. The summed E-state index contributed by atoms with van der Waals surface area (Å²) in [6, 6.07) is 7.02. The van der Waals surface area contributed by atoms with Crippen molar-refractivity contribution >= 4 is 0 Å². The zero-order chi connectivity index (χ0) is 12.0. The van der Waals surface area contributed by atoms with E-state index in [9.17, 15) is 10.3 Å². The van der Waals surface area contributed by atoms with E-state index in [-0.39, 0.29) is 16.8 Å². The molecule has 2 rings (SSSR count). The number of hydrogen-bond donors (Lipinski definition) is 2. The van der Waals surface area contributed by atoms with Gasteiger partial charge in [0.05, 0.1) is 5.54 Å². The van der Waals surface area contributed by atoms with E-state index in [1.807, 2.05) is 32.9 Å². The maximum absolute atomic E-state index is 12.4. The fourth-order valence-corrected chi connectivity index (χ4v) is 2.64. The van der Waals surface area contributed by atoms with Gasteiger partial charge in [-0.1, -0.05) is 0 Å². The lowest BCUT2D eigenvalue weighted by Crippen LogP contribution is -3.18. The number of rotatable bonds is 1. The highest BCUT2D eigenvalue weighted by molar-refractivity contribution is 5.30. The molecular weight excluding hydrogens is 202 g/mol. The van der Waals surface area contributed by atoms with E-state index in [0.717, 1.165) is 18.4 Å². The Hall–Kier alpha value is -1.06. The SMILES string of the molecule is CC1(C)CC[C@@](C)(c2ccc(O)cc2)[NH+]1[O-]. The lowest BCUT2D eigenvalue weighted by molar-refractivity contribution is -0.942. The van der Waals surface area contributed by atoms with Crippen LogP contribution >= 0.6 is 0 Å². The van der Waals surface area contributed by atoms with Crippen LogP contribution in [0, 0.1) is 5.21 Å². The Kier molecular flexibility index (Phi) is 2.48. The van der Waals surface area contributed by atoms with E-state index >= 15 is 0 Å². The third kappa shape index (κ3) is 1.60. The molecule has 16 heavy (non-hydrogen) atoms. The third-order valence-electron chi connectivity index (χ3n) is 3.87. The second-order valence-corrected chi connectivity index (χ2v) is 5.59. The van der Waals surface area contributed by atoms with Crippen LogP contribution in [0.2, 0.25) is 0 Å². The summed E-state index contributed by atoms with van der Waals surface area (Å²) in [7, 11) is 0. The molecule has 0 aromatic heterocycles. The Labute approximate surface area is 96.3 Å². The number of hydroxylamine groups is 2. The van der Waals surface area contributed by atoms with Gasteiger partial charge in [-0.3, -0.25) is 0 Å². The van der Waals surface area contributed by atoms with E-state index in [1.165, 1.54) is 0 Å². The molecule has 1 aromatic carbocycles. The summed E-state index contributed by atoms with van der Waals surface area (Å²) >= 11 is 0. The Morgan fingerprint density at radius 3 is 2.12 bits per heavy atom. The molecule has 1 unspecified atom stereocenters. The van der Waals surface area contributed by atoms with Crippen LogP contribution in [0.25, 0.3) is 0 Å². The van der Waals surface area contributed by atoms with Gasteiger partial charge in [-0.2, -0.15) is 0 Å². The highest BCUT2D eigenvalue weighted by atomic mass is 16.5. The van der Waals surface area contributed by atoms with Crippen molar-refractivity contribution in [3.05, 3.63) is 35.0 Å². The first-order valence-electron chi connectivity index (χ1n) is 5.71. The summed E-state index contributed by atoms with van der Waals surface area (Å²) < 4.78 is 0. The van der Waals surface area contributed by atoms with Crippen LogP contribution < -0.4 is 5.06 Å². The van der Waals surface area contributed by atoms with E-state index in [4.69, 9.17) is 0 Å². The second-order valence-electron chi connectivity index (χ2n) is 5.59. The fourth-order valence-electron chi connectivity index (χ4n) is 2.64. The minimum absolute atomic E-state index is 0.216. The molecule has 0 radical (unpaired) electrons. The number of nitrogens with one attached hydrogen (secondary N) is 1. The van der Waals surface area contributed by atoms with Gasteiger partial charge in [0.1, 0.15) is 11.3 Å². The molecule has 3 nitrogen and oxygen atoms in total. The van der Waals surface area contributed by atoms with E-state index in [2.05, 4.69) is 0 Å². The number of phenolic OH excluding ortho intramolecular Hbond substituents is 1. The first kappa shape index (κ1) is 11.4. The van der Waals surface area contributed by atoms with Gasteiger partial charge in [0.15, 0.2) is 0 Å². The van der Waals surface area contributed by atoms with Gasteiger partial charge in [-0.05, 0) is 45.0 Å². The van der Waals surface area contributed by atoms with Gasteiger partial charge in [-0.25, -0.2) is 0 Å². The minimum Gasteiger partial charge on any atom is -0.633 e. The zero-order valence-corrected chi connectivity index (χ0v) is 10.1. The van der Waals surface area contributed by atoms with Crippen LogP contribution in [-0.2, 0) is 5.54 Å². The molecule has 1 aliphatic rings. The molecule has 1 saturated heterocycles. The van der Waals surface area contributed by atoms with Gasteiger partial charge in [0.2, 0.25) is 0 Å². The molecule has 88 valence electrons. The second kappa shape index (κ2) is 3.47. The topological polar surface area (TPSA) is 47.7 Å². The van der Waals surface area contributed by atoms with Crippen molar-refractivity contribution < 1.29 is 10.2 Å². The first-order chi connectivity index (χ1) is 7.36. The maximum atomic E-state index is 12.4. The third-order valence-corrected chi connectivity index (χ3v) is 3.87. The molecule has 1 heterocycles. The smallest absolute Gasteiger partial charge is 0.121 e. The van der Waals surface area contributed by atoms with Gasteiger partial charge in [-0.15, -0.1) is 0 Å². The number of hydrogen-bond acceptors (Lipinski definition) is 2. The Bertz CT molecular complexity index is 385. The normalized spacial score (nSPS) is 32.9. The molecule has 0 saturated carbocycles. The van der Waals surface area contributed by atoms with Crippen LogP contribution in [0.4, 0.5) is 0 Å². The summed E-state index contributed by atoms with van der Waals surface area (Å²) in [5.41, 5.74) is 0.421. The van der Waals surface area contributed by atoms with Gasteiger partial charge >= 0.3 is 0 Å². The van der Waals surface area contributed by atoms with Gasteiger partial charge < -0.3 is 15.4 Å². The number of benzene rings is 1. The molecular formula is C13H19NO2. The van der Waals surface area contributed by atoms with Gasteiger partial charge in [0, 0.05) is 18.4 Å². The molecule has 2 N–H and O–H groups in total. The van der Waals surface area contributed by atoms with Crippen LogP contribution in [0.5, 0.6) is 5.75 Å². The molecule has 2 atom stereocenters. The lowest BCUT2D eigenvalue weighted by Gasteiger charge is -2.42. The number of phenols is 1. The average Bonchev–Trinajstić information content (AvgIpc) is 2.45. The quantitative estimate of drug-likeness (QED) is 0.707. The van der Waals surface area contributed by atoms with Crippen LogP contribution in [0.1, 0.15) is 39.2 Å². The Morgan fingerprint density at radius 1 is 1.12 bits per heavy atom. The maximum Gasteiger partial charge on any atom is 0.121 e. The average molecular weight is 221 g/mol. The van der Waals surface area contributed by atoms with Crippen molar-refractivity contribution in [1.82, 2.24) is 0 Å². The molecule has 0 amide bonds. The van der Waals surface area contributed by atoms with Crippen molar-refractivity contribution in [1.29, 1.82) is 0 Å². The predicted octanol–water partition coefficient (Wildman–Crippen LogP) is 1.56. The highest BCUT2D eigenvalue weighted by Crippen LogP contribution is 2.33. The standard InChI is InChI=1S/C13H19NO2/c1-12(2)8-9-13(3,14(12)16)10-4-6-11(15)7-5-10/h4-7,14-15H,8-9H2,1-3H3/t13-/m0/s1. The Morgan fingerprint density at radius 2 is 1.69 bits per heavy atom. The van der Waals surface area contributed by atoms with Crippen LogP contribution in [0.15, 0.2) is 24.3 Å².